The van der Waals surface area contributed by atoms with E-state index in [1.165, 1.54) is 39.1 Å². The Balaban J connectivity index is 1.31. The van der Waals surface area contributed by atoms with Gasteiger partial charge in [0, 0.05) is 49.3 Å². The molecule has 13 heteroatoms. The molecule has 1 aliphatic heterocycles. The number of nitro benzene ring substituents is 1. The predicted molar refractivity (Wildman–Crippen MR) is 122 cm³/mol. The van der Waals surface area contributed by atoms with Crippen molar-refractivity contribution in [1.29, 1.82) is 0 Å². The Labute approximate surface area is 192 Å². The van der Waals surface area contributed by atoms with E-state index in [0.717, 1.165) is 0 Å². The van der Waals surface area contributed by atoms with Crippen LogP contribution in [0.4, 0.5) is 10.8 Å². The summed E-state index contributed by atoms with van der Waals surface area (Å²) in [6.07, 6.45) is 0. The molecular formula is C19H19N5O5S3. The van der Waals surface area contributed by atoms with Crippen molar-refractivity contribution < 1.29 is 18.1 Å². The number of thiophene rings is 1. The van der Waals surface area contributed by atoms with Crippen molar-refractivity contribution in [2.75, 3.05) is 38.0 Å². The molecule has 0 radical (unpaired) electrons. The van der Waals surface area contributed by atoms with Gasteiger partial charge in [0.25, 0.3) is 15.7 Å². The topological polar surface area (TPSA) is 126 Å². The average Bonchev–Trinajstić information content (AvgIpc) is 3.47. The van der Waals surface area contributed by atoms with Crippen molar-refractivity contribution in [2.24, 2.45) is 0 Å². The van der Waals surface area contributed by atoms with E-state index in [1.54, 1.807) is 35.0 Å². The Morgan fingerprint density at radius 2 is 1.94 bits per heavy atom. The van der Waals surface area contributed by atoms with Crippen molar-refractivity contribution in [1.82, 2.24) is 14.2 Å². The van der Waals surface area contributed by atoms with Crippen molar-refractivity contribution >= 4 is 49.4 Å². The first kappa shape index (κ1) is 22.5. The van der Waals surface area contributed by atoms with Gasteiger partial charge in [-0.05, 0) is 11.4 Å². The molecule has 3 aromatic rings. The monoisotopic (exact) mass is 493 g/mol. The van der Waals surface area contributed by atoms with Gasteiger partial charge < -0.3 is 5.32 Å². The molecule has 0 atom stereocenters. The standard InChI is InChI=1S/C19H19N5O5S3/c25-17(12-22-6-8-23(9-7-22)32(28,29)18-5-2-10-30-18)21-19-20-16(13-31-19)14-3-1-4-15(11-14)24(26)27/h1-5,10-11,13H,6-9,12H2,(H,20,21,25). The fourth-order valence-electron chi connectivity index (χ4n) is 3.27. The number of carbonyl (C=O) groups excluding carboxylic acids is 1. The second-order valence-corrected chi connectivity index (χ2v) is 11.0. The van der Waals surface area contributed by atoms with Crippen LogP contribution in [0.25, 0.3) is 11.3 Å². The van der Waals surface area contributed by atoms with E-state index >= 15 is 0 Å². The van der Waals surface area contributed by atoms with E-state index < -0.39 is 14.9 Å². The van der Waals surface area contributed by atoms with E-state index in [-0.39, 0.29) is 18.1 Å². The van der Waals surface area contributed by atoms with Crippen LogP contribution in [0.2, 0.25) is 0 Å². The lowest BCUT2D eigenvalue weighted by Gasteiger charge is -2.33. The maximum absolute atomic E-state index is 12.6. The summed E-state index contributed by atoms with van der Waals surface area (Å²) in [6.45, 7) is 1.67. The lowest BCUT2D eigenvalue weighted by Crippen LogP contribution is -2.50. The number of thiazole rings is 1. The molecule has 0 bridgehead atoms. The van der Waals surface area contributed by atoms with Gasteiger partial charge >= 0.3 is 0 Å². The SMILES string of the molecule is O=C(CN1CCN(S(=O)(=O)c2cccs2)CC1)Nc1nc(-c2cccc([N+](=O)[O-])c2)cs1. The molecule has 1 amide bonds. The Hall–Kier alpha value is -2.71. The van der Waals surface area contributed by atoms with Crippen LogP contribution in [0, 0.1) is 10.1 Å². The number of hydrogen-bond donors (Lipinski definition) is 1. The Kier molecular flexibility index (Phi) is 6.62. The Bertz CT molecular complexity index is 1220. The number of non-ortho nitro benzene ring substituents is 1. The summed E-state index contributed by atoms with van der Waals surface area (Å²) in [7, 11) is -3.48. The molecule has 0 spiro atoms. The van der Waals surface area contributed by atoms with Crippen molar-refractivity contribution in [3.63, 3.8) is 0 Å². The minimum atomic E-state index is -3.48. The third-order valence-corrected chi connectivity index (χ3v) is 8.92. The number of nitrogens with one attached hydrogen (secondary N) is 1. The predicted octanol–water partition coefficient (Wildman–Crippen LogP) is 2.72. The van der Waals surface area contributed by atoms with Gasteiger partial charge in [0.05, 0.1) is 17.2 Å². The molecule has 1 aliphatic rings. The van der Waals surface area contributed by atoms with Gasteiger partial charge in [0.2, 0.25) is 5.91 Å². The number of sulfonamides is 1. The lowest BCUT2D eigenvalue weighted by atomic mass is 10.1. The molecule has 4 rings (SSSR count). The van der Waals surface area contributed by atoms with Crippen molar-refractivity contribution in [3.05, 3.63) is 57.3 Å². The van der Waals surface area contributed by atoms with Crippen molar-refractivity contribution in [2.45, 2.75) is 4.21 Å². The summed E-state index contributed by atoms with van der Waals surface area (Å²) >= 11 is 2.43. The van der Waals surface area contributed by atoms with Crippen LogP contribution >= 0.6 is 22.7 Å². The smallest absolute Gasteiger partial charge is 0.270 e. The maximum atomic E-state index is 12.6. The molecule has 10 nitrogen and oxygen atoms in total. The van der Waals surface area contributed by atoms with E-state index in [2.05, 4.69) is 10.3 Å². The largest absolute Gasteiger partial charge is 0.301 e. The minimum absolute atomic E-state index is 0.0266. The number of piperazine rings is 1. The molecule has 1 saturated heterocycles. The molecule has 1 N–H and O–H groups in total. The van der Waals surface area contributed by atoms with Gasteiger partial charge in [-0.1, -0.05) is 18.2 Å². The van der Waals surface area contributed by atoms with Gasteiger partial charge in [-0.25, -0.2) is 13.4 Å². The molecule has 32 heavy (non-hydrogen) atoms. The van der Waals surface area contributed by atoms with Gasteiger partial charge in [-0.15, -0.1) is 22.7 Å². The van der Waals surface area contributed by atoms with E-state index in [0.29, 0.717) is 46.8 Å². The summed E-state index contributed by atoms with van der Waals surface area (Å²) in [4.78, 5) is 29.2. The number of aromatic nitrogens is 1. The summed E-state index contributed by atoms with van der Waals surface area (Å²) in [6, 6.07) is 9.45. The molecule has 0 aliphatic carbocycles. The van der Waals surface area contributed by atoms with E-state index in [1.807, 2.05) is 4.90 Å². The molecular weight excluding hydrogens is 474 g/mol. The van der Waals surface area contributed by atoms with Crippen LogP contribution in [0.3, 0.4) is 0 Å². The van der Waals surface area contributed by atoms with Crippen LogP contribution < -0.4 is 5.32 Å². The highest BCUT2D eigenvalue weighted by atomic mass is 32.2. The number of anilines is 1. The first-order valence-electron chi connectivity index (χ1n) is 9.59. The van der Waals surface area contributed by atoms with Gasteiger partial charge in [-0.3, -0.25) is 19.8 Å². The first-order valence-corrected chi connectivity index (χ1v) is 12.8. The highest BCUT2D eigenvalue weighted by Gasteiger charge is 2.29. The first-order chi connectivity index (χ1) is 15.3. The fraction of sp³-hybridized carbons (Fsp3) is 0.263. The van der Waals surface area contributed by atoms with Gasteiger partial charge in [0.15, 0.2) is 5.13 Å². The zero-order valence-electron chi connectivity index (χ0n) is 16.7. The van der Waals surface area contributed by atoms with Crippen LogP contribution in [0.15, 0.2) is 51.4 Å². The van der Waals surface area contributed by atoms with E-state index in [4.69, 9.17) is 0 Å². The molecule has 168 valence electrons. The van der Waals surface area contributed by atoms with Crippen LogP contribution in [0.5, 0.6) is 0 Å². The number of carbonyl (C=O) groups is 1. The number of hydrogen-bond acceptors (Lipinski definition) is 9. The average molecular weight is 494 g/mol. The van der Waals surface area contributed by atoms with Crippen LogP contribution in [-0.2, 0) is 14.8 Å². The second kappa shape index (κ2) is 9.42. The summed E-state index contributed by atoms with van der Waals surface area (Å²) < 4.78 is 27.0. The van der Waals surface area contributed by atoms with Crippen molar-refractivity contribution in [3.8, 4) is 11.3 Å². The second-order valence-electron chi connectivity index (χ2n) is 7.01. The van der Waals surface area contributed by atoms with Crippen LogP contribution in [0.1, 0.15) is 0 Å². The third-order valence-electron chi connectivity index (χ3n) is 4.89. The number of nitrogens with zero attached hydrogens (tertiary/aromatic N) is 4. The Morgan fingerprint density at radius 3 is 2.62 bits per heavy atom. The summed E-state index contributed by atoms with van der Waals surface area (Å²) in [5.74, 6) is -0.250. The summed E-state index contributed by atoms with van der Waals surface area (Å²) in [5, 5.41) is 17.5. The number of benzene rings is 1. The number of rotatable bonds is 7. The molecule has 1 fully saturated rings. The third kappa shape index (κ3) is 5.02. The Morgan fingerprint density at radius 1 is 1.16 bits per heavy atom. The normalized spacial score (nSPS) is 15.5. The number of amides is 1. The minimum Gasteiger partial charge on any atom is -0.301 e. The summed E-state index contributed by atoms with van der Waals surface area (Å²) in [5.41, 5.74) is 1.11. The molecule has 1 aromatic carbocycles. The molecule has 0 unspecified atom stereocenters. The zero-order valence-corrected chi connectivity index (χ0v) is 19.2. The lowest BCUT2D eigenvalue weighted by molar-refractivity contribution is -0.384. The highest BCUT2D eigenvalue weighted by Crippen LogP contribution is 2.27. The molecule has 2 aromatic heterocycles. The van der Waals surface area contributed by atoms with Gasteiger partial charge in [0.1, 0.15) is 4.21 Å². The van der Waals surface area contributed by atoms with Gasteiger partial charge in [-0.2, -0.15) is 4.31 Å². The van der Waals surface area contributed by atoms with E-state index in [9.17, 15) is 23.3 Å². The quantitative estimate of drug-likeness (QED) is 0.396. The zero-order chi connectivity index (χ0) is 22.7. The van der Waals surface area contributed by atoms with Crippen LogP contribution in [-0.4, -0.2) is 66.2 Å². The highest BCUT2D eigenvalue weighted by molar-refractivity contribution is 7.91. The molecule has 0 saturated carbocycles. The number of nitro groups is 1. The molecule has 3 heterocycles. The maximum Gasteiger partial charge on any atom is 0.270 e. The fourth-order valence-corrected chi connectivity index (χ4v) is 6.57.